The Hall–Kier alpha value is -2.68. The van der Waals surface area contributed by atoms with Crippen molar-refractivity contribution in [3.8, 4) is 0 Å². The molecule has 0 saturated carbocycles. The van der Waals surface area contributed by atoms with Gasteiger partial charge in [-0.1, -0.05) is 11.3 Å². The minimum absolute atomic E-state index is 0.248. The second-order valence-electron chi connectivity index (χ2n) is 5.23. The number of nitrogens with zero attached hydrogens (tertiary/aromatic N) is 4. The van der Waals surface area contributed by atoms with Gasteiger partial charge >= 0.3 is 0 Å². The number of thiazole rings is 1. The molecule has 0 aliphatic carbocycles. The molecule has 1 amide bonds. The van der Waals surface area contributed by atoms with Crippen molar-refractivity contribution in [2.24, 2.45) is 10.1 Å². The van der Waals surface area contributed by atoms with Crippen molar-refractivity contribution in [1.82, 2.24) is 15.2 Å². The fourth-order valence-corrected chi connectivity index (χ4v) is 2.60. The predicted octanol–water partition coefficient (Wildman–Crippen LogP) is 1.37. The molecule has 24 heavy (non-hydrogen) atoms. The van der Waals surface area contributed by atoms with Crippen LogP contribution in [0.15, 0.2) is 28.3 Å². The zero-order valence-corrected chi connectivity index (χ0v) is 14.5. The highest BCUT2D eigenvalue weighted by molar-refractivity contribution is 7.22. The zero-order chi connectivity index (χ0) is 17.4. The van der Waals surface area contributed by atoms with Crippen LogP contribution in [0.2, 0.25) is 0 Å². The van der Waals surface area contributed by atoms with Gasteiger partial charge in [-0.05, 0) is 24.6 Å². The van der Waals surface area contributed by atoms with Gasteiger partial charge in [0.2, 0.25) is 0 Å². The fraction of sp³-hybridized carbons (Fsp3) is 0.333. The van der Waals surface area contributed by atoms with E-state index in [9.17, 15) is 4.79 Å². The van der Waals surface area contributed by atoms with Crippen molar-refractivity contribution < 1.29 is 4.79 Å². The summed E-state index contributed by atoms with van der Waals surface area (Å²) in [6.45, 7) is 1.23. The zero-order valence-electron chi connectivity index (χ0n) is 13.7. The first-order valence-electron chi connectivity index (χ1n) is 7.44. The summed E-state index contributed by atoms with van der Waals surface area (Å²) in [5, 5.41) is 7.20. The van der Waals surface area contributed by atoms with Gasteiger partial charge in [-0.2, -0.15) is 5.10 Å². The smallest absolute Gasteiger partial charge is 0.264 e. The lowest BCUT2D eigenvalue weighted by Crippen LogP contribution is -2.26. The van der Waals surface area contributed by atoms with E-state index in [1.807, 2.05) is 37.2 Å². The molecular formula is C15H21N7OS. The van der Waals surface area contributed by atoms with Crippen LogP contribution in [0, 0.1) is 0 Å². The number of nitrogens with one attached hydrogen (secondary N) is 2. The summed E-state index contributed by atoms with van der Waals surface area (Å²) in [5.41, 5.74) is 10.1. The first kappa shape index (κ1) is 17.7. The molecule has 8 nitrogen and oxygen atoms in total. The van der Waals surface area contributed by atoms with Crippen LogP contribution in [0.4, 0.5) is 10.8 Å². The van der Waals surface area contributed by atoms with Crippen molar-refractivity contribution in [2.45, 2.75) is 6.42 Å². The molecule has 0 aliphatic heterocycles. The van der Waals surface area contributed by atoms with Crippen molar-refractivity contribution in [1.29, 1.82) is 0 Å². The van der Waals surface area contributed by atoms with Crippen molar-refractivity contribution in [3.05, 3.63) is 18.2 Å². The molecule has 4 N–H and O–H groups in total. The van der Waals surface area contributed by atoms with Crippen LogP contribution in [0.25, 0.3) is 10.2 Å². The Morgan fingerprint density at radius 2 is 2.29 bits per heavy atom. The number of benzene rings is 1. The topological polar surface area (TPSA) is 108 Å². The number of rotatable bonds is 8. The molecule has 0 atom stereocenters. The minimum Gasteiger partial charge on any atom is -0.375 e. The summed E-state index contributed by atoms with van der Waals surface area (Å²) in [4.78, 5) is 21.9. The van der Waals surface area contributed by atoms with Crippen LogP contribution in [-0.4, -0.2) is 55.5 Å². The Kier molecular flexibility index (Phi) is 6.50. The number of hydrogen-bond donors (Lipinski definition) is 3. The lowest BCUT2D eigenvalue weighted by atomic mass is 10.3. The molecule has 0 aliphatic rings. The number of aliphatic imine (C=N–C) groups is 1. The van der Waals surface area contributed by atoms with E-state index >= 15 is 0 Å². The second kappa shape index (κ2) is 8.82. The van der Waals surface area contributed by atoms with Gasteiger partial charge in [0.05, 0.1) is 22.2 Å². The number of carbonyl (C=O) groups is 1. The number of amides is 1. The van der Waals surface area contributed by atoms with Crippen molar-refractivity contribution in [3.63, 3.8) is 0 Å². The van der Waals surface area contributed by atoms with Gasteiger partial charge < -0.3 is 16.0 Å². The third-order valence-corrected chi connectivity index (χ3v) is 3.70. The highest BCUT2D eigenvalue weighted by Crippen LogP contribution is 2.26. The molecule has 1 aromatic heterocycles. The van der Waals surface area contributed by atoms with E-state index in [4.69, 9.17) is 5.73 Å². The van der Waals surface area contributed by atoms with E-state index in [0.29, 0.717) is 18.2 Å². The number of anilines is 2. The number of nitrogens with two attached hydrogens (primary N) is 1. The van der Waals surface area contributed by atoms with Gasteiger partial charge in [-0.15, -0.1) is 0 Å². The van der Waals surface area contributed by atoms with Crippen molar-refractivity contribution in [2.75, 3.05) is 38.3 Å². The summed E-state index contributed by atoms with van der Waals surface area (Å²) in [6.07, 6.45) is 3.75. The van der Waals surface area contributed by atoms with E-state index in [2.05, 4.69) is 25.8 Å². The molecule has 2 rings (SSSR count). The van der Waals surface area contributed by atoms with Gasteiger partial charge in [0.25, 0.3) is 5.91 Å². The monoisotopic (exact) mass is 347 g/mol. The third kappa shape index (κ3) is 5.84. The summed E-state index contributed by atoms with van der Waals surface area (Å²) < 4.78 is 0.968. The van der Waals surface area contributed by atoms with Crippen LogP contribution in [0.1, 0.15) is 6.42 Å². The molecule has 0 bridgehead atoms. The number of hydrogen-bond acceptors (Lipinski definition) is 7. The summed E-state index contributed by atoms with van der Waals surface area (Å²) in [7, 11) is 3.83. The number of fused-ring (bicyclic) bond motifs is 1. The van der Waals surface area contributed by atoms with Crippen LogP contribution in [0.5, 0.6) is 0 Å². The minimum atomic E-state index is -0.248. The first-order chi connectivity index (χ1) is 11.5. The molecule has 9 heteroatoms. The SMILES string of the molecule is CN(C)C=NCCCNC(=O)/C=N/Nc1ccc2nc(N)sc2c1. The molecular weight excluding hydrogens is 326 g/mol. The highest BCUT2D eigenvalue weighted by Gasteiger charge is 2.01. The molecule has 0 radical (unpaired) electrons. The standard InChI is InChI=1S/C15H21N7OS/c1-22(2)10-17-6-3-7-18-14(23)9-19-21-11-4-5-12-13(8-11)24-15(16)20-12/h4-5,8-10,21H,3,6-7H2,1-2H3,(H2,16,20)(H,18,23)/b17-10?,19-9+. The Bertz CT molecular complexity index is 738. The number of carbonyl (C=O) groups excluding carboxylic acids is 1. The maximum absolute atomic E-state index is 11.6. The Morgan fingerprint density at radius 1 is 1.46 bits per heavy atom. The quantitative estimate of drug-likeness (QED) is 0.289. The van der Waals surface area contributed by atoms with E-state index in [0.717, 1.165) is 22.3 Å². The average molecular weight is 347 g/mol. The van der Waals surface area contributed by atoms with E-state index in [-0.39, 0.29) is 5.91 Å². The van der Waals surface area contributed by atoms with E-state index < -0.39 is 0 Å². The molecule has 1 heterocycles. The van der Waals surface area contributed by atoms with Crippen LogP contribution in [-0.2, 0) is 4.79 Å². The molecule has 0 fully saturated rings. The summed E-state index contributed by atoms with van der Waals surface area (Å²) >= 11 is 1.41. The lowest BCUT2D eigenvalue weighted by Gasteiger charge is -2.03. The molecule has 1 aromatic carbocycles. The Morgan fingerprint density at radius 3 is 3.08 bits per heavy atom. The number of aromatic nitrogens is 1. The normalized spacial score (nSPS) is 11.4. The van der Waals surface area contributed by atoms with Gasteiger partial charge in [0.1, 0.15) is 6.21 Å². The summed E-state index contributed by atoms with van der Waals surface area (Å²) in [6, 6.07) is 5.58. The van der Waals surface area contributed by atoms with Gasteiger partial charge in [-0.3, -0.25) is 15.2 Å². The molecule has 0 saturated heterocycles. The fourth-order valence-electron chi connectivity index (χ4n) is 1.83. The number of hydrazone groups is 1. The van der Waals surface area contributed by atoms with Gasteiger partial charge in [0.15, 0.2) is 5.13 Å². The van der Waals surface area contributed by atoms with Crippen molar-refractivity contribution >= 4 is 50.8 Å². The molecule has 128 valence electrons. The average Bonchev–Trinajstić information content (AvgIpc) is 2.89. The van der Waals surface area contributed by atoms with Gasteiger partial charge in [0, 0.05) is 27.2 Å². The van der Waals surface area contributed by atoms with Crippen LogP contribution >= 0.6 is 11.3 Å². The maximum Gasteiger partial charge on any atom is 0.264 e. The highest BCUT2D eigenvalue weighted by atomic mass is 32.1. The lowest BCUT2D eigenvalue weighted by molar-refractivity contribution is -0.114. The van der Waals surface area contributed by atoms with Gasteiger partial charge in [-0.25, -0.2) is 4.98 Å². The number of nitrogen functional groups attached to an aromatic ring is 1. The molecule has 2 aromatic rings. The summed E-state index contributed by atoms with van der Waals surface area (Å²) in [5.74, 6) is -0.248. The molecule has 0 spiro atoms. The second-order valence-corrected chi connectivity index (χ2v) is 6.30. The largest absolute Gasteiger partial charge is 0.375 e. The predicted molar refractivity (Wildman–Crippen MR) is 101 cm³/mol. The first-order valence-corrected chi connectivity index (χ1v) is 8.25. The van der Waals surface area contributed by atoms with Crippen LogP contribution in [0.3, 0.4) is 0 Å². The Labute approximate surface area is 144 Å². The van der Waals surface area contributed by atoms with Crippen LogP contribution < -0.4 is 16.5 Å². The van der Waals surface area contributed by atoms with E-state index in [1.54, 1.807) is 6.34 Å². The Balaban J connectivity index is 1.71. The maximum atomic E-state index is 11.6. The molecule has 0 unspecified atom stereocenters. The van der Waals surface area contributed by atoms with E-state index in [1.165, 1.54) is 17.6 Å². The third-order valence-electron chi connectivity index (χ3n) is 2.86.